The molecule has 0 saturated heterocycles. The lowest BCUT2D eigenvalue weighted by molar-refractivity contribution is -0.384. The van der Waals surface area contributed by atoms with E-state index in [1.165, 1.54) is 18.2 Å². The minimum atomic E-state index is -0.445. The Balaban J connectivity index is 2.12. The van der Waals surface area contributed by atoms with Crippen LogP contribution in [-0.4, -0.2) is 4.92 Å². The first-order chi connectivity index (χ1) is 9.47. The molecule has 2 aromatic rings. The van der Waals surface area contributed by atoms with Crippen molar-refractivity contribution >= 4 is 33.2 Å². The molecule has 6 heteroatoms. The van der Waals surface area contributed by atoms with Gasteiger partial charge in [-0.1, -0.05) is 18.2 Å². The standard InChI is InChI=1S/C14H10BrClFNO2/c15-12-8-10(3-6-14(12)17)13(16)7-9-1-4-11(5-2-9)18(19)20/h1-6,8,13H,7H2. The number of alkyl halides is 1. The number of hydrogen-bond donors (Lipinski definition) is 0. The molecule has 0 heterocycles. The summed E-state index contributed by atoms with van der Waals surface area (Å²) < 4.78 is 13.5. The van der Waals surface area contributed by atoms with Crippen LogP contribution in [0, 0.1) is 15.9 Å². The summed E-state index contributed by atoms with van der Waals surface area (Å²) in [7, 11) is 0. The molecule has 1 atom stereocenters. The van der Waals surface area contributed by atoms with Gasteiger partial charge in [0.1, 0.15) is 5.82 Å². The number of nitrogens with zero attached hydrogens (tertiary/aromatic N) is 1. The lowest BCUT2D eigenvalue weighted by Crippen LogP contribution is -1.97. The zero-order chi connectivity index (χ0) is 14.7. The second-order valence-corrected chi connectivity index (χ2v) is 5.65. The molecular weight excluding hydrogens is 349 g/mol. The van der Waals surface area contributed by atoms with Gasteiger partial charge in [0.25, 0.3) is 5.69 Å². The van der Waals surface area contributed by atoms with E-state index in [1.54, 1.807) is 24.3 Å². The molecule has 0 fully saturated rings. The van der Waals surface area contributed by atoms with E-state index in [-0.39, 0.29) is 16.9 Å². The van der Waals surface area contributed by atoms with Crippen molar-refractivity contribution < 1.29 is 9.31 Å². The van der Waals surface area contributed by atoms with E-state index in [2.05, 4.69) is 15.9 Å². The number of nitro groups is 1. The number of benzene rings is 2. The monoisotopic (exact) mass is 357 g/mol. The van der Waals surface area contributed by atoms with Gasteiger partial charge in [-0.15, -0.1) is 11.6 Å². The van der Waals surface area contributed by atoms with Gasteiger partial charge in [0, 0.05) is 12.1 Å². The topological polar surface area (TPSA) is 43.1 Å². The van der Waals surface area contributed by atoms with Crippen LogP contribution in [0.25, 0.3) is 0 Å². The molecule has 3 nitrogen and oxygen atoms in total. The molecule has 0 radical (unpaired) electrons. The van der Waals surface area contributed by atoms with E-state index in [9.17, 15) is 14.5 Å². The second-order valence-electron chi connectivity index (χ2n) is 4.27. The van der Waals surface area contributed by atoms with Gasteiger partial charge in [0.2, 0.25) is 0 Å². The van der Waals surface area contributed by atoms with Crippen molar-refractivity contribution in [3.8, 4) is 0 Å². The largest absolute Gasteiger partial charge is 0.269 e. The Morgan fingerprint density at radius 1 is 1.25 bits per heavy atom. The van der Waals surface area contributed by atoms with E-state index in [0.29, 0.717) is 10.9 Å². The lowest BCUT2D eigenvalue weighted by Gasteiger charge is -2.10. The fourth-order valence-electron chi connectivity index (χ4n) is 1.79. The van der Waals surface area contributed by atoms with Crippen LogP contribution >= 0.6 is 27.5 Å². The summed E-state index contributed by atoms with van der Waals surface area (Å²) in [6, 6.07) is 10.9. The van der Waals surface area contributed by atoms with Gasteiger partial charge in [0.15, 0.2) is 0 Å². The van der Waals surface area contributed by atoms with Gasteiger partial charge in [-0.05, 0) is 45.6 Å². The Bertz CT molecular complexity index is 634. The van der Waals surface area contributed by atoms with Crippen molar-refractivity contribution in [3.05, 3.63) is 74.0 Å². The van der Waals surface area contributed by atoms with Crippen molar-refractivity contribution in [2.45, 2.75) is 11.8 Å². The highest BCUT2D eigenvalue weighted by atomic mass is 79.9. The molecule has 2 rings (SSSR count). The fourth-order valence-corrected chi connectivity index (χ4v) is 2.50. The molecule has 20 heavy (non-hydrogen) atoms. The highest BCUT2D eigenvalue weighted by Crippen LogP contribution is 2.28. The van der Waals surface area contributed by atoms with E-state index in [0.717, 1.165) is 11.1 Å². The molecular formula is C14H10BrClFNO2. The second kappa shape index (κ2) is 6.33. The first-order valence-corrected chi connectivity index (χ1v) is 7.02. The predicted octanol–water partition coefficient (Wildman–Crippen LogP) is 5.02. The van der Waals surface area contributed by atoms with Crippen molar-refractivity contribution in [2.24, 2.45) is 0 Å². The summed E-state index contributed by atoms with van der Waals surface area (Å²) in [5, 5.41) is 10.2. The van der Waals surface area contributed by atoms with Gasteiger partial charge in [-0.3, -0.25) is 10.1 Å². The maximum atomic E-state index is 13.2. The minimum Gasteiger partial charge on any atom is -0.258 e. The summed E-state index contributed by atoms with van der Waals surface area (Å²) in [5.74, 6) is -0.340. The molecule has 0 saturated carbocycles. The normalized spacial score (nSPS) is 12.2. The average molecular weight is 359 g/mol. The molecule has 0 amide bonds. The fraction of sp³-hybridized carbons (Fsp3) is 0.143. The molecule has 0 aromatic heterocycles. The molecule has 0 aliphatic rings. The van der Waals surface area contributed by atoms with Gasteiger partial charge < -0.3 is 0 Å². The van der Waals surface area contributed by atoms with Crippen LogP contribution < -0.4 is 0 Å². The van der Waals surface area contributed by atoms with Crippen LogP contribution in [0.4, 0.5) is 10.1 Å². The molecule has 1 unspecified atom stereocenters. The molecule has 2 aromatic carbocycles. The number of non-ortho nitro benzene ring substituents is 1. The Kier molecular flexibility index (Phi) is 4.73. The molecule has 0 N–H and O–H groups in total. The number of hydrogen-bond acceptors (Lipinski definition) is 2. The summed E-state index contributed by atoms with van der Waals surface area (Å²) >= 11 is 9.41. The number of nitro benzene ring substituents is 1. The maximum Gasteiger partial charge on any atom is 0.269 e. The smallest absolute Gasteiger partial charge is 0.258 e. The lowest BCUT2D eigenvalue weighted by atomic mass is 10.0. The maximum absolute atomic E-state index is 13.2. The zero-order valence-electron chi connectivity index (χ0n) is 10.2. The Labute approximate surface area is 128 Å². The minimum absolute atomic E-state index is 0.0457. The number of halogens is 3. The molecule has 0 bridgehead atoms. The first kappa shape index (κ1) is 14.9. The van der Waals surface area contributed by atoms with Crippen molar-refractivity contribution in [1.29, 1.82) is 0 Å². The summed E-state index contributed by atoms with van der Waals surface area (Å²) in [6.07, 6.45) is 0.512. The van der Waals surface area contributed by atoms with Gasteiger partial charge in [-0.2, -0.15) is 0 Å². The highest BCUT2D eigenvalue weighted by Gasteiger charge is 2.12. The van der Waals surface area contributed by atoms with E-state index in [1.807, 2.05) is 0 Å². The van der Waals surface area contributed by atoms with Crippen LogP contribution in [0.3, 0.4) is 0 Å². The summed E-state index contributed by atoms with van der Waals surface area (Å²) in [5.41, 5.74) is 1.72. The molecule has 0 spiro atoms. The molecule has 104 valence electrons. The molecule has 0 aliphatic heterocycles. The van der Waals surface area contributed by atoms with Crippen molar-refractivity contribution in [2.75, 3.05) is 0 Å². The number of rotatable bonds is 4. The average Bonchev–Trinajstić information content (AvgIpc) is 2.42. The van der Waals surface area contributed by atoms with Crippen LogP contribution in [0.5, 0.6) is 0 Å². The Morgan fingerprint density at radius 2 is 1.90 bits per heavy atom. The Morgan fingerprint density at radius 3 is 2.45 bits per heavy atom. The van der Waals surface area contributed by atoms with E-state index in [4.69, 9.17) is 11.6 Å². The predicted molar refractivity (Wildman–Crippen MR) is 79.5 cm³/mol. The van der Waals surface area contributed by atoms with Crippen LogP contribution in [-0.2, 0) is 6.42 Å². The van der Waals surface area contributed by atoms with Crippen molar-refractivity contribution in [3.63, 3.8) is 0 Å². The zero-order valence-corrected chi connectivity index (χ0v) is 12.6. The van der Waals surface area contributed by atoms with Crippen LogP contribution in [0.2, 0.25) is 0 Å². The highest BCUT2D eigenvalue weighted by molar-refractivity contribution is 9.10. The van der Waals surface area contributed by atoms with E-state index < -0.39 is 4.92 Å². The van der Waals surface area contributed by atoms with Gasteiger partial charge >= 0.3 is 0 Å². The summed E-state index contributed by atoms with van der Waals surface area (Å²) in [4.78, 5) is 10.1. The van der Waals surface area contributed by atoms with Crippen LogP contribution in [0.1, 0.15) is 16.5 Å². The first-order valence-electron chi connectivity index (χ1n) is 5.79. The van der Waals surface area contributed by atoms with Crippen LogP contribution in [0.15, 0.2) is 46.9 Å². The van der Waals surface area contributed by atoms with Crippen molar-refractivity contribution in [1.82, 2.24) is 0 Å². The SMILES string of the molecule is O=[N+]([O-])c1ccc(CC(Cl)c2ccc(F)c(Br)c2)cc1. The quantitative estimate of drug-likeness (QED) is 0.437. The third-order valence-corrected chi connectivity index (χ3v) is 3.88. The summed E-state index contributed by atoms with van der Waals surface area (Å²) in [6.45, 7) is 0. The van der Waals surface area contributed by atoms with Gasteiger partial charge in [-0.25, -0.2) is 4.39 Å². The van der Waals surface area contributed by atoms with Gasteiger partial charge in [0.05, 0.1) is 14.8 Å². The molecule has 0 aliphatic carbocycles. The van der Waals surface area contributed by atoms with E-state index >= 15 is 0 Å². The third-order valence-electron chi connectivity index (χ3n) is 2.87. The third kappa shape index (κ3) is 3.55. The Hall–Kier alpha value is -1.46.